The molecule has 0 heterocycles. The van der Waals surface area contributed by atoms with Crippen LogP contribution in [0.15, 0.2) is 24.3 Å². The van der Waals surface area contributed by atoms with Gasteiger partial charge in [-0.3, -0.25) is 0 Å². The monoisotopic (exact) mass is 222 g/mol. The van der Waals surface area contributed by atoms with Crippen molar-refractivity contribution in [3.63, 3.8) is 0 Å². The number of hydrogen-bond donors (Lipinski definition) is 0. The van der Waals surface area contributed by atoms with Crippen molar-refractivity contribution >= 4 is 0 Å². The topological polar surface area (TPSA) is 18.5 Å². The molecule has 16 heavy (non-hydrogen) atoms. The first-order chi connectivity index (χ1) is 7.86. The Balaban J connectivity index is 2.27. The first kappa shape index (κ1) is 13.0. The van der Waals surface area contributed by atoms with Gasteiger partial charge in [-0.05, 0) is 37.0 Å². The van der Waals surface area contributed by atoms with Crippen LogP contribution in [0.1, 0.15) is 32.3 Å². The third-order valence-electron chi connectivity index (χ3n) is 2.28. The maximum atomic E-state index is 5.52. The summed E-state index contributed by atoms with van der Waals surface area (Å²) in [6.45, 7) is 6.69. The van der Waals surface area contributed by atoms with E-state index in [1.165, 1.54) is 5.56 Å². The van der Waals surface area contributed by atoms with Gasteiger partial charge in [0.2, 0.25) is 0 Å². The zero-order valence-electron chi connectivity index (χ0n) is 10.4. The second kappa shape index (κ2) is 8.17. The summed E-state index contributed by atoms with van der Waals surface area (Å²) < 4.78 is 11.0. The van der Waals surface area contributed by atoms with Crippen LogP contribution < -0.4 is 4.74 Å². The minimum absolute atomic E-state index is 0.791. The summed E-state index contributed by atoms with van der Waals surface area (Å²) >= 11 is 0. The molecule has 0 N–H and O–H groups in total. The van der Waals surface area contributed by atoms with E-state index in [4.69, 9.17) is 9.47 Å². The molecule has 0 radical (unpaired) electrons. The molecule has 0 fully saturated rings. The lowest BCUT2D eigenvalue weighted by Gasteiger charge is -2.06. The Kier molecular flexibility index (Phi) is 6.66. The van der Waals surface area contributed by atoms with Crippen LogP contribution in [0.25, 0.3) is 0 Å². The van der Waals surface area contributed by atoms with Crippen LogP contribution in [-0.4, -0.2) is 19.8 Å². The smallest absolute Gasteiger partial charge is 0.119 e. The third kappa shape index (κ3) is 5.17. The van der Waals surface area contributed by atoms with Gasteiger partial charge in [0.05, 0.1) is 13.2 Å². The molecule has 0 saturated heterocycles. The SMILES string of the molecule is CCCOCCc1ccc(OCCC)cc1. The Labute approximate surface area is 98.6 Å². The van der Waals surface area contributed by atoms with Gasteiger partial charge >= 0.3 is 0 Å². The Morgan fingerprint density at radius 3 is 2.19 bits per heavy atom. The standard InChI is InChI=1S/C14H22O2/c1-3-10-15-12-9-13-5-7-14(8-6-13)16-11-4-2/h5-8H,3-4,9-12H2,1-2H3. The molecule has 0 bridgehead atoms. The molecule has 1 aromatic carbocycles. The van der Waals surface area contributed by atoms with Gasteiger partial charge < -0.3 is 9.47 Å². The van der Waals surface area contributed by atoms with Crippen molar-refractivity contribution in [1.82, 2.24) is 0 Å². The van der Waals surface area contributed by atoms with Crippen LogP contribution in [0, 0.1) is 0 Å². The van der Waals surface area contributed by atoms with E-state index in [1.54, 1.807) is 0 Å². The molecule has 1 rings (SSSR count). The van der Waals surface area contributed by atoms with Crippen molar-refractivity contribution in [2.75, 3.05) is 19.8 Å². The first-order valence-electron chi connectivity index (χ1n) is 6.16. The molecule has 0 unspecified atom stereocenters. The van der Waals surface area contributed by atoms with E-state index in [-0.39, 0.29) is 0 Å². The normalized spacial score (nSPS) is 10.4. The average Bonchev–Trinajstić information content (AvgIpc) is 2.33. The summed E-state index contributed by atoms with van der Waals surface area (Å²) in [4.78, 5) is 0. The average molecular weight is 222 g/mol. The molecule has 0 atom stereocenters. The highest BCUT2D eigenvalue weighted by atomic mass is 16.5. The lowest BCUT2D eigenvalue weighted by Crippen LogP contribution is -1.99. The van der Waals surface area contributed by atoms with Gasteiger partial charge in [0, 0.05) is 6.61 Å². The highest BCUT2D eigenvalue weighted by Crippen LogP contribution is 2.12. The van der Waals surface area contributed by atoms with Crippen LogP contribution in [-0.2, 0) is 11.2 Å². The summed E-state index contributed by atoms with van der Waals surface area (Å²) in [5.41, 5.74) is 1.31. The molecular weight excluding hydrogens is 200 g/mol. The first-order valence-corrected chi connectivity index (χ1v) is 6.16. The van der Waals surface area contributed by atoms with Gasteiger partial charge in [-0.15, -0.1) is 0 Å². The van der Waals surface area contributed by atoms with E-state index in [0.29, 0.717) is 0 Å². The van der Waals surface area contributed by atoms with E-state index in [9.17, 15) is 0 Å². The van der Waals surface area contributed by atoms with Crippen molar-refractivity contribution in [2.24, 2.45) is 0 Å². The Morgan fingerprint density at radius 2 is 1.56 bits per heavy atom. The van der Waals surface area contributed by atoms with Crippen LogP contribution >= 0.6 is 0 Å². The van der Waals surface area contributed by atoms with Crippen LogP contribution in [0.3, 0.4) is 0 Å². The fraction of sp³-hybridized carbons (Fsp3) is 0.571. The molecule has 0 aliphatic carbocycles. The zero-order chi connectivity index (χ0) is 11.6. The van der Waals surface area contributed by atoms with Crippen LogP contribution in [0.2, 0.25) is 0 Å². The molecule has 0 amide bonds. The lowest BCUT2D eigenvalue weighted by atomic mass is 10.1. The van der Waals surface area contributed by atoms with Crippen molar-refractivity contribution in [2.45, 2.75) is 33.1 Å². The molecule has 0 aliphatic rings. The highest BCUT2D eigenvalue weighted by Gasteiger charge is 1.95. The summed E-state index contributed by atoms with van der Waals surface area (Å²) in [6.07, 6.45) is 3.12. The van der Waals surface area contributed by atoms with Crippen LogP contribution in [0.4, 0.5) is 0 Å². The van der Waals surface area contributed by atoms with Gasteiger partial charge in [-0.25, -0.2) is 0 Å². The molecule has 1 aromatic rings. The number of ether oxygens (including phenoxy) is 2. The van der Waals surface area contributed by atoms with Gasteiger partial charge in [-0.1, -0.05) is 26.0 Å². The van der Waals surface area contributed by atoms with Crippen molar-refractivity contribution < 1.29 is 9.47 Å². The summed E-state index contributed by atoms with van der Waals surface area (Å²) in [6, 6.07) is 8.29. The van der Waals surface area contributed by atoms with E-state index in [1.807, 2.05) is 12.1 Å². The lowest BCUT2D eigenvalue weighted by molar-refractivity contribution is 0.138. The summed E-state index contributed by atoms with van der Waals surface area (Å²) in [5.74, 6) is 0.958. The van der Waals surface area contributed by atoms with E-state index in [2.05, 4.69) is 26.0 Å². The predicted octanol–water partition coefficient (Wildman–Crippen LogP) is 3.44. The Hall–Kier alpha value is -1.02. The number of benzene rings is 1. The van der Waals surface area contributed by atoms with Gasteiger partial charge in [0.25, 0.3) is 0 Å². The second-order valence-corrected chi connectivity index (χ2v) is 3.85. The molecule has 0 saturated carbocycles. The molecule has 0 aliphatic heterocycles. The minimum atomic E-state index is 0.791. The second-order valence-electron chi connectivity index (χ2n) is 3.85. The largest absolute Gasteiger partial charge is 0.494 e. The Bertz CT molecular complexity index is 267. The molecule has 0 aromatic heterocycles. The Morgan fingerprint density at radius 1 is 0.875 bits per heavy atom. The molecule has 90 valence electrons. The van der Waals surface area contributed by atoms with Crippen LogP contribution in [0.5, 0.6) is 5.75 Å². The van der Waals surface area contributed by atoms with E-state index in [0.717, 1.165) is 44.8 Å². The van der Waals surface area contributed by atoms with Crippen molar-refractivity contribution in [3.8, 4) is 5.75 Å². The summed E-state index contributed by atoms with van der Waals surface area (Å²) in [7, 11) is 0. The highest BCUT2D eigenvalue weighted by molar-refractivity contribution is 5.27. The summed E-state index contributed by atoms with van der Waals surface area (Å²) in [5, 5.41) is 0. The van der Waals surface area contributed by atoms with Crippen molar-refractivity contribution in [1.29, 1.82) is 0 Å². The predicted molar refractivity (Wildman–Crippen MR) is 67.0 cm³/mol. The maximum Gasteiger partial charge on any atom is 0.119 e. The number of hydrogen-bond acceptors (Lipinski definition) is 2. The molecule has 2 heteroatoms. The van der Waals surface area contributed by atoms with Gasteiger partial charge in [0.1, 0.15) is 5.75 Å². The van der Waals surface area contributed by atoms with Gasteiger partial charge in [0.15, 0.2) is 0 Å². The maximum absolute atomic E-state index is 5.52. The molecule has 2 nitrogen and oxygen atoms in total. The van der Waals surface area contributed by atoms with Crippen molar-refractivity contribution in [3.05, 3.63) is 29.8 Å². The van der Waals surface area contributed by atoms with E-state index >= 15 is 0 Å². The third-order valence-corrected chi connectivity index (χ3v) is 2.28. The zero-order valence-corrected chi connectivity index (χ0v) is 10.4. The van der Waals surface area contributed by atoms with Gasteiger partial charge in [-0.2, -0.15) is 0 Å². The molecule has 0 spiro atoms. The van der Waals surface area contributed by atoms with E-state index < -0.39 is 0 Å². The number of rotatable bonds is 8. The fourth-order valence-corrected chi connectivity index (χ4v) is 1.41. The quantitative estimate of drug-likeness (QED) is 0.627. The molecular formula is C14H22O2. The minimum Gasteiger partial charge on any atom is -0.494 e. The fourth-order valence-electron chi connectivity index (χ4n) is 1.41.